The van der Waals surface area contributed by atoms with Crippen LogP contribution >= 0.6 is 12.4 Å². The molecule has 0 aliphatic carbocycles. The molecule has 0 bridgehead atoms. The number of ether oxygens (including phenoxy) is 1. The van der Waals surface area contributed by atoms with Crippen LogP contribution in [0.5, 0.6) is 5.75 Å². The summed E-state index contributed by atoms with van der Waals surface area (Å²) in [6, 6.07) is 12.1. The van der Waals surface area contributed by atoms with Crippen LogP contribution < -0.4 is 4.74 Å². The molecule has 1 aliphatic heterocycles. The van der Waals surface area contributed by atoms with E-state index in [4.69, 9.17) is 4.74 Å². The molecule has 1 saturated heterocycles. The Labute approximate surface area is 198 Å². The van der Waals surface area contributed by atoms with Gasteiger partial charge in [-0.05, 0) is 59.7 Å². The van der Waals surface area contributed by atoms with E-state index in [9.17, 15) is 9.18 Å². The van der Waals surface area contributed by atoms with Gasteiger partial charge in [-0.2, -0.15) is 0 Å². The van der Waals surface area contributed by atoms with Crippen molar-refractivity contribution in [1.29, 1.82) is 0 Å². The van der Waals surface area contributed by atoms with E-state index in [1.165, 1.54) is 12.1 Å². The van der Waals surface area contributed by atoms with Crippen LogP contribution in [-0.4, -0.2) is 48.4 Å². The summed E-state index contributed by atoms with van der Waals surface area (Å²) in [5, 5.41) is 0. The summed E-state index contributed by atoms with van der Waals surface area (Å²) in [6.45, 7) is 13.6. The van der Waals surface area contributed by atoms with Crippen molar-refractivity contribution in [3.05, 3.63) is 65.0 Å². The molecule has 176 valence electrons. The minimum absolute atomic E-state index is 0. The van der Waals surface area contributed by atoms with Crippen molar-refractivity contribution in [3.63, 3.8) is 0 Å². The Kier molecular flexibility index (Phi) is 9.98. The molecule has 0 radical (unpaired) electrons. The number of nitrogens with zero attached hydrogens (tertiary/aromatic N) is 2. The molecule has 1 aliphatic rings. The highest BCUT2D eigenvalue weighted by Gasteiger charge is 2.23. The van der Waals surface area contributed by atoms with E-state index in [2.05, 4.69) is 32.6 Å². The molecule has 1 fully saturated rings. The standard InChI is InChI=1S/C26H35FN2O2.ClH/c1-19(2)15-23-16-22(26(30)29-13-11-28(12-14-29)17-20(3)4)7-10-25(23)31-18-21-5-8-24(27)9-6-21;/h5-10,16,19-20H,11-15,17-18H2,1-4H3;1H. The van der Waals surface area contributed by atoms with Crippen molar-refractivity contribution in [2.75, 3.05) is 32.7 Å². The van der Waals surface area contributed by atoms with Gasteiger partial charge in [0.15, 0.2) is 0 Å². The quantitative estimate of drug-likeness (QED) is 0.523. The first kappa shape index (κ1) is 26.1. The number of carbonyl (C=O) groups excluding carboxylic acids is 1. The third-order valence-electron chi connectivity index (χ3n) is 5.53. The van der Waals surface area contributed by atoms with Gasteiger partial charge in [0.1, 0.15) is 18.2 Å². The van der Waals surface area contributed by atoms with E-state index >= 15 is 0 Å². The van der Waals surface area contributed by atoms with Crippen molar-refractivity contribution < 1.29 is 13.9 Å². The molecule has 32 heavy (non-hydrogen) atoms. The predicted octanol–water partition coefficient (Wildman–Crippen LogP) is 5.44. The van der Waals surface area contributed by atoms with Crippen LogP contribution in [0.25, 0.3) is 0 Å². The van der Waals surface area contributed by atoms with E-state index < -0.39 is 0 Å². The maximum Gasteiger partial charge on any atom is 0.253 e. The normalized spacial score (nSPS) is 14.5. The minimum atomic E-state index is -0.253. The average Bonchev–Trinajstić information content (AvgIpc) is 2.73. The number of hydrogen-bond donors (Lipinski definition) is 0. The Morgan fingerprint density at radius 3 is 2.22 bits per heavy atom. The molecule has 1 amide bonds. The fraction of sp³-hybridized carbons (Fsp3) is 0.500. The molecule has 4 nitrogen and oxygen atoms in total. The van der Waals surface area contributed by atoms with Gasteiger partial charge < -0.3 is 9.64 Å². The van der Waals surface area contributed by atoms with E-state index in [1.54, 1.807) is 12.1 Å². The van der Waals surface area contributed by atoms with Gasteiger partial charge in [0.2, 0.25) is 0 Å². The Morgan fingerprint density at radius 2 is 1.62 bits per heavy atom. The summed E-state index contributed by atoms with van der Waals surface area (Å²) in [7, 11) is 0. The third-order valence-corrected chi connectivity index (χ3v) is 5.53. The Hall–Kier alpha value is -2.11. The van der Waals surface area contributed by atoms with Crippen LogP contribution in [0.3, 0.4) is 0 Å². The molecular formula is C26H36ClFN2O2. The molecule has 0 spiro atoms. The van der Waals surface area contributed by atoms with Crippen LogP contribution in [0.1, 0.15) is 49.2 Å². The molecule has 2 aromatic rings. The zero-order chi connectivity index (χ0) is 22.4. The van der Waals surface area contributed by atoms with Crippen LogP contribution in [0.15, 0.2) is 42.5 Å². The van der Waals surface area contributed by atoms with E-state index in [-0.39, 0.29) is 24.1 Å². The van der Waals surface area contributed by atoms with Gasteiger partial charge in [0.25, 0.3) is 5.91 Å². The smallest absolute Gasteiger partial charge is 0.253 e. The van der Waals surface area contributed by atoms with Gasteiger partial charge in [0.05, 0.1) is 0 Å². The van der Waals surface area contributed by atoms with Gasteiger partial charge in [-0.3, -0.25) is 9.69 Å². The van der Waals surface area contributed by atoms with Crippen LogP contribution in [0.4, 0.5) is 4.39 Å². The van der Waals surface area contributed by atoms with Crippen LogP contribution in [-0.2, 0) is 13.0 Å². The summed E-state index contributed by atoms with van der Waals surface area (Å²) in [5.41, 5.74) is 2.68. The molecule has 0 unspecified atom stereocenters. The first-order valence-electron chi connectivity index (χ1n) is 11.3. The molecule has 6 heteroatoms. The predicted molar refractivity (Wildman–Crippen MR) is 130 cm³/mol. The SMILES string of the molecule is CC(C)Cc1cc(C(=O)N2CCN(CC(C)C)CC2)ccc1OCc1ccc(F)cc1.Cl. The second-order valence-electron chi connectivity index (χ2n) is 9.32. The Morgan fingerprint density at radius 1 is 0.969 bits per heavy atom. The number of carbonyl (C=O) groups is 1. The molecule has 0 aromatic heterocycles. The Bertz CT molecular complexity index is 863. The maximum absolute atomic E-state index is 13.1. The van der Waals surface area contributed by atoms with Gasteiger partial charge >= 0.3 is 0 Å². The fourth-order valence-electron chi connectivity index (χ4n) is 4.03. The lowest BCUT2D eigenvalue weighted by Crippen LogP contribution is -2.49. The zero-order valence-electron chi connectivity index (χ0n) is 19.6. The van der Waals surface area contributed by atoms with E-state index in [1.807, 2.05) is 23.1 Å². The highest BCUT2D eigenvalue weighted by atomic mass is 35.5. The molecular weight excluding hydrogens is 427 g/mol. The van der Waals surface area contributed by atoms with E-state index in [0.29, 0.717) is 18.4 Å². The molecule has 0 N–H and O–H groups in total. The lowest BCUT2D eigenvalue weighted by Gasteiger charge is -2.35. The highest BCUT2D eigenvalue weighted by molar-refractivity contribution is 5.94. The number of amides is 1. The first-order chi connectivity index (χ1) is 14.8. The first-order valence-corrected chi connectivity index (χ1v) is 11.3. The third kappa shape index (κ3) is 7.49. The number of piperazine rings is 1. The topological polar surface area (TPSA) is 32.8 Å². The fourth-order valence-corrected chi connectivity index (χ4v) is 4.03. The number of halogens is 2. The van der Waals surface area contributed by atoms with Gasteiger partial charge in [-0.1, -0.05) is 39.8 Å². The second kappa shape index (κ2) is 12.2. The summed E-state index contributed by atoms with van der Waals surface area (Å²) in [4.78, 5) is 17.5. The van der Waals surface area contributed by atoms with Crippen LogP contribution in [0.2, 0.25) is 0 Å². The van der Waals surface area contributed by atoms with Gasteiger partial charge in [-0.25, -0.2) is 4.39 Å². The monoisotopic (exact) mass is 462 g/mol. The number of hydrogen-bond acceptors (Lipinski definition) is 3. The lowest BCUT2D eigenvalue weighted by atomic mass is 9.99. The maximum atomic E-state index is 13.1. The molecule has 0 saturated carbocycles. The van der Waals surface area contributed by atoms with Gasteiger partial charge in [0, 0.05) is 38.3 Å². The van der Waals surface area contributed by atoms with Crippen molar-refractivity contribution in [1.82, 2.24) is 9.80 Å². The van der Waals surface area contributed by atoms with E-state index in [0.717, 1.165) is 61.6 Å². The lowest BCUT2D eigenvalue weighted by molar-refractivity contribution is 0.0623. The molecule has 3 rings (SSSR count). The summed E-state index contributed by atoms with van der Waals surface area (Å²) < 4.78 is 19.2. The largest absolute Gasteiger partial charge is 0.489 e. The van der Waals surface area contributed by atoms with Crippen molar-refractivity contribution in [3.8, 4) is 5.75 Å². The average molecular weight is 463 g/mol. The number of rotatable bonds is 8. The summed E-state index contributed by atoms with van der Waals surface area (Å²) >= 11 is 0. The summed E-state index contributed by atoms with van der Waals surface area (Å²) in [5.74, 6) is 1.72. The van der Waals surface area contributed by atoms with Gasteiger partial charge in [-0.15, -0.1) is 12.4 Å². The zero-order valence-corrected chi connectivity index (χ0v) is 20.5. The van der Waals surface area contributed by atoms with Crippen molar-refractivity contribution >= 4 is 18.3 Å². The molecule has 1 heterocycles. The molecule has 0 atom stereocenters. The Balaban J connectivity index is 0.00000363. The van der Waals surface area contributed by atoms with Crippen molar-refractivity contribution in [2.24, 2.45) is 11.8 Å². The minimum Gasteiger partial charge on any atom is -0.489 e. The van der Waals surface area contributed by atoms with Crippen molar-refractivity contribution in [2.45, 2.75) is 40.7 Å². The second-order valence-corrected chi connectivity index (χ2v) is 9.32. The highest BCUT2D eigenvalue weighted by Crippen LogP contribution is 2.25. The number of benzene rings is 2. The summed E-state index contributed by atoms with van der Waals surface area (Å²) in [6.07, 6.45) is 0.835. The van der Waals surface area contributed by atoms with Crippen LogP contribution in [0, 0.1) is 17.7 Å². The molecule has 2 aromatic carbocycles.